The summed E-state index contributed by atoms with van der Waals surface area (Å²) in [6, 6.07) is 5.78. The van der Waals surface area contributed by atoms with E-state index in [0.717, 1.165) is 15.8 Å². The smallest absolute Gasteiger partial charge is 0.244 e. The second kappa shape index (κ2) is 4.66. The van der Waals surface area contributed by atoms with Crippen molar-refractivity contribution < 1.29 is 9.53 Å². The Bertz CT molecular complexity index is 450. The monoisotopic (exact) mass is 298 g/mol. The zero-order valence-corrected chi connectivity index (χ0v) is 11.4. The zero-order chi connectivity index (χ0) is 12.5. The summed E-state index contributed by atoms with van der Waals surface area (Å²) in [7, 11) is 1.68. The molecule has 0 spiro atoms. The molecule has 0 bridgehead atoms. The summed E-state index contributed by atoms with van der Waals surface area (Å²) in [5, 5.41) is 0. The highest BCUT2D eigenvalue weighted by atomic mass is 79.9. The lowest BCUT2D eigenvalue weighted by Gasteiger charge is -2.34. The molecule has 17 heavy (non-hydrogen) atoms. The highest BCUT2D eigenvalue weighted by Crippen LogP contribution is 2.42. The third-order valence-electron chi connectivity index (χ3n) is 3.15. The molecule has 0 aromatic heterocycles. The molecule has 0 fully saturated rings. The molecule has 1 aromatic rings. The number of nitrogens with one attached hydrogen (secondary N) is 2. The lowest BCUT2D eigenvalue weighted by Crippen LogP contribution is -2.49. The fourth-order valence-corrected chi connectivity index (χ4v) is 2.55. The Balaban J connectivity index is 2.47. The minimum Gasteiger partial charge on any atom is -0.492 e. The molecule has 0 saturated carbocycles. The average Bonchev–Trinajstić information content (AvgIpc) is 2.31. The van der Waals surface area contributed by atoms with E-state index in [1.807, 2.05) is 25.1 Å². The largest absolute Gasteiger partial charge is 0.492 e. The molecule has 1 atom stereocenters. The lowest BCUT2D eigenvalue weighted by atomic mass is 9.77. The number of hydrazine groups is 1. The number of hydrogen-bond acceptors (Lipinski definition) is 3. The molecule has 4 nitrogen and oxygen atoms in total. The van der Waals surface area contributed by atoms with Crippen LogP contribution in [0.1, 0.15) is 18.9 Å². The number of carbonyl (C=O) groups is 1. The van der Waals surface area contributed by atoms with Crippen LogP contribution in [0.2, 0.25) is 0 Å². The van der Waals surface area contributed by atoms with E-state index < -0.39 is 5.41 Å². The first-order chi connectivity index (χ1) is 8.09. The molecule has 1 unspecified atom stereocenters. The molecular formula is C12H15BrN2O2. The van der Waals surface area contributed by atoms with Crippen LogP contribution in [0.3, 0.4) is 0 Å². The van der Waals surface area contributed by atoms with Gasteiger partial charge in [0.15, 0.2) is 0 Å². The van der Waals surface area contributed by atoms with Crippen molar-refractivity contribution in [3.05, 3.63) is 28.2 Å². The van der Waals surface area contributed by atoms with Gasteiger partial charge in [0.1, 0.15) is 5.75 Å². The molecule has 1 aliphatic rings. The van der Waals surface area contributed by atoms with Crippen LogP contribution in [-0.4, -0.2) is 19.6 Å². The first-order valence-corrected chi connectivity index (χ1v) is 6.28. The molecule has 2 rings (SSSR count). The Kier molecular flexibility index (Phi) is 3.40. The summed E-state index contributed by atoms with van der Waals surface area (Å²) >= 11 is 3.45. The van der Waals surface area contributed by atoms with Gasteiger partial charge in [0.05, 0.1) is 16.5 Å². The zero-order valence-electron chi connectivity index (χ0n) is 9.84. The molecule has 1 aliphatic heterocycles. The summed E-state index contributed by atoms with van der Waals surface area (Å²) in [5.74, 6) is 0.732. The molecule has 1 amide bonds. The molecular weight excluding hydrogens is 284 g/mol. The Labute approximate surface area is 109 Å². The van der Waals surface area contributed by atoms with Gasteiger partial charge >= 0.3 is 0 Å². The maximum absolute atomic E-state index is 12.1. The fourth-order valence-electron chi connectivity index (χ4n) is 2.07. The van der Waals surface area contributed by atoms with Crippen molar-refractivity contribution in [3.8, 4) is 5.75 Å². The molecule has 0 aliphatic carbocycles. The number of benzene rings is 1. The Morgan fingerprint density at radius 3 is 3.00 bits per heavy atom. The van der Waals surface area contributed by atoms with Gasteiger partial charge in [-0.15, -0.1) is 0 Å². The van der Waals surface area contributed by atoms with Gasteiger partial charge in [-0.1, -0.05) is 12.1 Å². The molecule has 5 heteroatoms. The van der Waals surface area contributed by atoms with Gasteiger partial charge in [-0.25, -0.2) is 5.43 Å². The highest BCUT2D eigenvalue weighted by molar-refractivity contribution is 9.10. The molecule has 2 N–H and O–H groups in total. The van der Waals surface area contributed by atoms with Crippen LogP contribution in [0, 0.1) is 0 Å². The number of halogens is 1. The third kappa shape index (κ3) is 2.05. The maximum atomic E-state index is 12.1. The van der Waals surface area contributed by atoms with Crippen LogP contribution in [0.4, 0.5) is 0 Å². The van der Waals surface area contributed by atoms with E-state index >= 15 is 0 Å². The van der Waals surface area contributed by atoms with Crippen LogP contribution in [0.5, 0.6) is 5.75 Å². The van der Waals surface area contributed by atoms with Crippen molar-refractivity contribution >= 4 is 21.8 Å². The first kappa shape index (κ1) is 12.4. The van der Waals surface area contributed by atoms with Crippen LogP contribution in [0.15, 0.2) is 22.7 Å². The van der Waals surface area contributed by atoms with Crippen LogP contribution >= 0.6 is 15.9 Å². The summed E-state index contributed by atoms with van der Waals surface area (Å²) in [5.41, 5.74) is 5.71. The molecule has 92 valence electrons. The van der Waals surface area contributed by atoms with Gasteiger partial charge in [-0.2, -0.15) is 0 Å². The number of para-hydroxylation sites is 1. The van der Waals surface area contributed by atoms with Crippen molar-refractivity contribution in [1.29, 1.82) is 0 Å². The number of hydrogen-bond donors (Lipinski definition) is 2. The van der Waals surface area contributed by atoms with E-state index in [-0.39, 0.29) is 5.91 Å². The minimum atomic E-state index is -0.555. The maximum Gasteiger partial charge on any atom is 0.244 e. The number of carbonyl (C=O) groups excluding carboxylic acids is 1. The lowest BCUT2D eigenvalue weighted by molar-refractivity contribution is -0.128. The van der Waals surface area contributed by atoms with E-state index in [4.69, 9.17) is 4.74 Å². The minimum absolute atomic E-state index is 0.0392. The van der Waals surface area contributed by atoms with Crippen LogP contribution in [0.25, 0.3) is 0 Å². The number of amides is 1. The standard InChI is InChI=1S/C12H15BrN2O2/c1-12(11(16)15-14-2)6-7-17-10-8(12)4-3-5-9(10)13/h3-5,14H,6-7H2,1-2H3,(H,15,16). The van der Waals surface area contributed by atoms with E-state index in [1.165, 1.54) is 0 Å². The Morgan fingerprint density at radius 1 is 1.53 bits per heavy atom. The topological polar surface area (TPSA) is 50.4 Å². The summed E-state index contributed by atoms with van der Waals surface area (Å²) in [6.07, 6.45) is 0.671. The van der Waals surface area contributed by atoms with Gasteiger partial charge in [-0.05, 0) is 35.3 Å². The van der Waals surface area contributed by atoms with Gasteiger partial charge in [0, 0.05) is 12.6 Å². The Morgan fingerprint density at radius 2 is 2.29 bits per heavy atom. The van der Waals surface area contributed by atoms with Crippen LogP contribution < -0.4 is 15.6 Å². The van der Waals surface area contributed by atoms with Crippen LogP contribution in [-0.2, 0) is 10.2 Å². The number of ether oxygens (including phenoxy) is 1. The van der Waals surface area contributed by atoms with E-state index in [1.54, 1.807) is 7.05 Å². The second-order valence-corrected chi connectivity index (χ2v) is 5.11. The summed E-state index contributed by atoms with van der Waals surface area (Å²) in [6.45, 7) is 2.48. The van der Waals surface area contributed by atoms with Crippen molar-refractivity contribution in [2.24, 2.45) is 0 Å². The summed E-state index contributed by atoms with van der Waals surface area (Å²) in [4.78, 5) is 12.1. The van der Waals surface area contributed by atoms with Gasteiger partial charge in [-0.3, -0.25) is 10.2 Å². The van der Waals surface area contributed by atoms with Crippen molar-refractivity contribution in [2.45, 2.75) is 18.8 Å². The van der Waals surface area contributed by atoms with Crippen molar-refractivity contribution in [1.82, 2.24) is 10.9 Å². The van der Waals surface area contributed by atoms with E-state index in [0.29, 0.717) is 13.0 Å². The predicted molar refractivity (Wildman–Crippen MR) is 68.8 cm³/mol. The fraction of sp³-hybridized carbons (Fsp3) is 0.417. The molecule has 1 aromatic carbocycles. The number of rotatable bonds is 2. The molecule has 0 saturated heterocycles. The molecule has 1 heterocycles. The van der Waals surface area contributed by atoms with Gasteiger partial charge in [0.25, 0.3) is 0 Å². The number of fused-ring (bicyclic) bond motifs is 1. The van der Waals surface area contributed by atoms with Crippen molar-refractivity contribution in [2.75, 3.05) is 13.7 Å². The first-order valence-electron chi connectivity index (χ1n) is 5.48. The van der Waals surface area contributed by atoms with E-state index in [2.05, 4.69) is 26.8 Å². The second-order valence-electron chi connectivity index (χ2n) is 4.25. The van der Waals surface area contributed by atoms with Crippen molar-refractivity contribution in [3.63, 3.8) is 0 Å². The average molecular weight is 299 g/mol. The Hall–Kier alpha value is -1.07. The SMILES string of the molecule is CNNC(=O)C1(C)CCOc2c(Br)cccc21. The predicted octanol–water partition coefficient (Wildman–Crippen LogP) is 1.74. The third-order valence-corrected chi connectivity index (χ3v) is 3.77. The van der Waals surface area contributed by atoms with Gasteiger partial charge in [0.2, 0.25) is 5.91 Å². The molecule has 0 radical (unpaired) electrons. The normalized spacial score (nSPS) is 22.5. The quantitative estimate of drug-likeness (QED) is 0.818. The van der Waals surface area contributed by atoms with E-state index in [9.17, 15) is 4.79 Å². The van der Waals surface area contributed by atoms with Gasteiger partial charge < -0.3 is 4.74 Å². The highest BCUT2D eigenvalue weighted by Gasteiger charge is 2.40. The summed E-state index contributed by atoms with van der Waals surface area (Å²) < 4.78 is 6.52.